The van der Waals surface area contributed by atoms with Gasteiger partial charge in [-0.05, 0) is 47.2 Å². The summed E-state index contributed by atoms with van der Waals surface area (Å²) in [5.74, 6) is -0.272. The molecule has 0 bridgehead atoms. The van der Waals surface area contributed by atoms with E-state index in [2.05, 4.69) is 24.0 Å². The Labute approximate surface area is 138 Å². The molecule has 0 saturated carbocycles. The Kier molecular flexibility index (Phi) is 3.62. The standard InChI is InChI=1S/C19H17NO2S/c1-2-17-20-14(11-23-17)10-22-19(21)16-9-8-13-7-6-12-4-3-5-15(16)18(12)13/h3-5,8-9,11H,2,6-7,10H2,1H3. The number of rotatable bonds is 4. The van der Waals surface area contributed by atoms with Crippen molar-refractivity contribution in [3.05, 3.63) is 63.1 Å². The Morgan fingerprint density at radius 1 is 1.22 bits per heavy atom. The Hall–Kier alpha value is -2.20. The molecule has 0 atom stereocenters. The molecule has 116 valence electrons. The molecule has 23 heavy (non-hydrogen) atoms. The number of carbonyl (C=O) groups excluding carboxylic acids is 1. The van der Waals surface area contributed by atoms with E-state index in [1.807, 2.05) is 23.6 Å². The first-order chi connectivity index (χ1) is 11.3. The lowest BCUT2D eigenvalue weighted by Gasteiger charge is -2.08. The van der Waals surface area contributed by atoms with Crippen molar-refractivity contribution in [1.82, 2.24) is 4.98 Å². The van der Waals surface area contributed by atoms with E-state index in [1.54, 1.807) is 11.3 Å². The summed E-state index contributed by atoms with van der Waals surface area (Å²) in [5, 5.41) is 5.28. The summed E-state index contributed by atoms with van der Waals surface area (Å²) >= 11 is 1.61. The fraction of sp³-hybridized carbons (Fsp3) is 0.263. The van der Waals surface area contributed by atoms with Gasteiger partial charge in [0.05, 0.1) is 16.3 Å². The smallest absolute Gasteiger partial charge is 0.339 e. The van der Waals surface area contributed by atoms with Crippen LogP contribution in [0.15, 0.2) is 35.7 Å². The summed E-state index contributed by atoms with van der Waals surface area (Å²) < 4.78 is 5.49. The number of hydrogen-bond acceptors (Lipinski definition) is 4. The minimum Gasteiger partial charge on any atom is -0.456 e. The highest BCUT2D eigenvalue weighted by Crippen LogP contribution is 2.33. The number of esters is 1. The van der Waals surface area contributed by atoms with Gasteiger partial charge in [0.25, 0.3) is 0 Å². The lowest BCUT2D eigenvalue weighted by molar-refractivity contribution is 0.0470. The van der Waals surface area contributed by atoms with Crippen molar-refractivity contribution < 1.29 is 9.53 Å². The van der Waals surface area contributed by atoms with Gasteiger partial charge in [-0.3, -0.25) is 0 Å². The van der Waals surface area contributed by atoms with E-state index in [-0.39, 0.29) is 12.6 Å². The van der Waals surface area contributed by atoms with E-state index < -0.39 is 0 Å². The molecule has 3 aromatic rings. The summed E-state index contributed by atoms with van der Waals surface area (Å²) in [7, 11) is 0. The highest BCUT2D eigenvalue weighted by Gasteiger charge is 2.19. The third kappa shape index (κ3) is 2.53. The van der Waals surface area contributed by atoms with Crippen LogP contribution in [0.4, 0.5) is 0 Å². The van der Waals surface area contributed by atoms with Gasteiger partial charge in [-0.25, -0.2) is 9.78 Å². The van der Waals surface area contributed by atoms with E-state index in [4.69, 9.17) is 4.74 Å². The van der Waals surface area contributed by atoms with Crippen LogP contribution in [0, 0.1) is 0 Å². The Balaban J connectivity index is 1.60. The molecule has 4 heteroatoms. The summed E-state index contributed by atoms with van der Waals surface area (Å²) in [6.07, 6.45) is 3.03. The van der Waals surface area contributed by atoms with E-state index in [0.717, 1.165) is 35.4 Å². The maximum atomic E-state index is 12.5. The van der Waals surface area contributed by atoms with Crippen LogP contribution in [0.5, 0.6) is 0 Å². The van der Waals surface area contributed by atoms with Crippen molar-refractivity contribution >= 4 is 28.1 Å². The molecule has 2 aromatic carbocycles. The molecule has 0 amide bonds. The van der Waals surface area contributed by atoms with E-state index >= 15 is 0 Å². The normalized spacial score (nSPS) is 12.7. The fourth-order valence-corrected chi connectivity index (χ4v) is 3.95. The molecule has 3 nitrogen and oxygen atoms in total. The van der Waals surface area contributed by atoms with Crippen LogP contribution in [-0.4, -0.2) is 11.0 Å². The SMILES string of the molecule is CCc1nc(COC(=O)c2ccc3c4c(cccc24)CC3)cs1. The second-order valence-corrected chi connectivity index (χ2v) is 6.72. The lowest BCUT2D eigenvalue weighted by atomic mass is 10.00. The van der Waals surface area contributed by atoms with Crippen molar-refractivity contribution in [2.24, 2.45) is 0 Å². The van der Waals surface area contributed by atoms with Gasteiger partial charge < -0.3 is 4.74 Å². The van der Waals surface area contributed by atoms with Crippen LogP contribution in [0.3, 0.4) is 0 Å². The summed E-state index contributed by atoms with van der Waals surface area (Å²) in [4.78, 5) is 16.9. The molecule has 1 heterocycles. The molecule has 1 aliphatic carbocycles. The van der Waals surface area contributed by atoms with Crippen LogP contribution in [0.1, 0.15) is 39.1 Å². The molecule has 0 saturated heterocycles. The zero-order chi connectivity index (χ0) is 15.8. The number of nitrogens with zero attached hydrogens (tertiary/aromatic N) is 1. The average Bonchev–Trinajstić information content (AvgIpc) is 3.21. The summed E-state index contributed by atoms with van der Waals surface area (Å²) in [6, 6.07) is 10.1. The van der Waals surface area contributed by atoms with Crippen LogP contribution in [0.2, 0.25) is 0 Å². The fourth-order valence-electron chi connectivity index (χ4n) is 3.22. The number of carbonyl (C=O) groups is 1. The summed E-state index contributed by atoms with van der Waals surface area (Å²) in [6.45, 7) is 2.31. The van der Waals surface area contributed by atoms with Gasteiger partial charge in [0.2, 0.25) is 0 Å². The Morgan fingerprint density at radius 2 is 2.04 bits per heavy atom. The highest BCUT2D eigenvalue weighted by atomic mass is 32.1. The van der Waals surface area contributed by atoms with Gasteiger partial charge in [0.15, 0.2) is 0 Å². The first kappa shape index (κ1) is 14.4. The molecular formula is C19H17NO2S. The lowest BCUT2D eigenvalue weighted by Crippen LogP contribution is -2.06. The quantitative estimate of drug-likeness (QED) is 0.671. The van der Waals surface area contributed by atoms with Crippen molar-refractivity contribution in [3.63, 3.8) is 0 Å². The second kappa shape index (κ2) is 5.78. The first-order valence-corrected chi connectivity index (χ1v) is 8.78. The number of aryl methyl sites for hydroxylation is 3. The number of hydrogen-bond donors (Lipinski definition) is 0. The van der Waals surface area contributed by atoms with E-state index in [9.17, 15) is 4.79 Å². The predicted molar refractivity (Wildman–Crippen MR) is 92.0 cm³/mol. The van der Waals surface area contributed by atoms with Crippen LogP contribution in [-0.2, 0) is 30.6 Å². The maximum absolute atomic E-state index is 12.5. The van der Waals surface area contributed by atoms with Crippen molar-refractivity contribution in [2.75, 3.05) is 0 Å². The maximum Gasteiger partial charge on any atom is 0.339 e. The molecule has 4 rings (SSSR count). The molecule has 0 radical (unpaired) electrons. The van der Waals surface area contributed by atoms with E-state index in [1.165, 1.54) is 16.5 Å². The minimum atomic E-state index is -0.272. The zero-order valence-corrected chi connectivity index (χ0v) is 13.8. The average molecular weight is 323 g/mol. The van der Waals surface area contributed by atoms with Gasteiger partial charge in [-0.2, -0.15) is 0 Å². The molecule has 0 unspecified atom stereocenters. The van der Waals surface area contributed by atoms with Gasteiger partial charge in [-0.15, -0.1) is 11.3 Å². The third-order valence-electron chi connectivity index (χ3n) is 4.35. The molecule has 0 fully saturated rings. The zero-order valence-electron chi connectivity index (χ0n) is 13.0. The van der Waals surface area contributed by atoms with Crippen molar-refractivity contribution in [2.45, 2.75) is 32.8 Å². The number of benzene rings is 2. The highest BCUT2D eigenvalue weighted by molar-refractivity contribution is 7.09. The van der Waals surface area contributed by atoms with Crippen LogP contribution >= 0.6 is 11.3 Å². The second-order valence-electron chi connectivity index (χ2n) is 5.77. The van der Waals surface area contributed by atoms with Crippen molar-refractivity contribution in [3.8, 4) is 0 Å². The molecular weight excluding hydrogens is 306 g/mol. The van der Waals surface area contributed by atoms with E-state index in [0.29, 0.717) is 5.56 Å². The topological polar surface area (TPSA) is 39.2 Å². The Morgan fingerprint density at radius 3 is 2.83 bits per heavy atom. The predicted octanol–water partition coefficient (Wildman–Crippen LogP) is 4.31. The third-order valence-corrected chi connectivity index (χ3v) is 5.39. The van der Waals surface area contributed by atoms with Crippen molar-refractivity contribution in [1.29, 1.82) is 0 Å². The molecule has 0 spiro atoms. The van der Waals surface area contributed by atoms with Gasteiger partial charge >= 0.3 is 5.97 Å². The summed E-state index contributed by atoms with van der Waals surface area (Å²) in [5.41, 5.74) is 4.14. The number of ether oxygens (including phenoxy) is 1. The largest absolute Gasteiger partial charge is 0.456 e. The Bertz CT molecular complexity index is 887. The van der Waals surface area contributed by atoms with Crippen LogP contribution in [0.25, 0.3) is 10.8 Å². The minimum absolute atomic E-state index is 0.234. The number of thiazole rings is 1. The van der Waals surface area contributed by atoms with Crippen LogP contribution < -0.4 is 0 Å². The molecule has 0 aliphatic heterocycles. The number of aromatic nitrogens is 1. The van der Waals surface area contributed by atoms with Gasteiger partial charge in [-0.1, -0.05) is 31.2 Å². The van der Waals surface area contributed by atoms with Gasteiger partial charge in [0, 0.05) is 5.38 Å². The monoisotopic (exact) mass is 323 g/mol. The molecule has 1 aliphatic rings. The van der Waals surface area contributed by atoms with Gasteiger partial charge in [0.1, 0.15) is 6.61 Å². The molecule has 1 aromatic heterocycles. The molecule has 0 N–H and O–H groups in total. The first-order valence-electron chi connectivity index (χ1n) is 7.90.